The monoisotopic (exact) mass is 460 g/mol. The van der Waals surface area contributed by atoms with Crippen LogP contribution < -0.4 is 0 Å². The first-order chi connectivity index (χ1) is 17.0. The molecule has 0 saturated heterocycles. The normalized spacial score (nSPS) is 21.1. The summed E-state index contributed by atoms with van der Waals surface area (Å²) in [6.45, 7) is 1.91. The highest BCUT2D eigenvalue weighted by Crippen LogP contribution is 2.47. The van der Waals surface area contributed by atoms with Crippen molar-refractivity contribution in [1.29, 1.82) is 5.26 Å². The molecule has 0 radical (unpaired) electrons. The molecule has 0 saturated carbocycles. The third-order valence-electron chi connectivity index (χ3n) is 7.34. The molecule has 3 unspecified atom stereocenters. The molecule has 6 heteroatoms. The zero-order valence-electron chi connectivity index (χ0n) is 19.1. The number of hydrogen-bond donors (Lipinski definition) is 0. The Labute approximate surface area is 202 Å². The summed E-state index contributed by atoms with van der Waals surface area (Å²) in [4.78, 5) is 27.3. The molecule has 0 spiro atoms. The molecule has 2 aromatic carbocycles. The van der Waals surface area contributed by atoms with Crippen LogP contribution in [0.2, 0.25) is 0 Å². The number of para-hydroxylation sites is 1. The molecule has 2 aliphatic rings. The van der Waals surface area contributed by atoms with Gasteiger partial charge >= 0.3 is 0 Å². The summed E-state index contributed by atoms with van der Waals surface area (Å²) in [5.41, 5.74) is 5.32. The van der Waals surface area contributed by atoms with Crippen LogP contribution in [0.1, 0.15) is 30.5 Å². The first-order valence-corrected chi connectivity index (χ1v) is 11.7. The van der Waals surface area contributed by atoms with Gasteiger partial charge < -0.3 is 0 Å². The minimum Gasteiger partial charge on any atom is -0.293 e. The number of ketones is 1. The van der Waals surface area contributed by atoms with Crippen LogP contribution in [0.15, 0.2) is 72.4 Å². The predicted molar refractivity (Wildman–Crippen MR) is 131 cm³/mol. The molecule has 0 bridgehead atoms. The lowest BCUT2D eigenvalue weighted by Gasteiger charge is -2.38. The molecule has 2 aliphatic carbocycles. The lowest BCUT2D eigenvalue weighted by Crippen LogP contribution is -2.35. The van der Waals surface area contributed by atoms with E-state index in [2.05, 4.69) is 11.1 Å². The van der Waals surface area contributed by atoms with Gasteiger partial charge in [0.2, 0.25) is 0 Å². The molecule has 0 N–H and O–H groups in total. The molecule has 2 heterocycles. The van der Waals surface area contributed by atoms with Crippen LogP contribution in [0.5, 0.6) is 0 Å². The van der Waals surface area contributed by atoms with Gasteiger partial charge in [0, 0.05) is 40.1 Å². The van der Waals surface area contributed by atoms with Gasteiger partial charge in [-0.05, 0) is 55.2 Å². The number of hydrogen-bond acceptors (Lipinski definition) is 5. The molecular weight excluding hydrogens is 439 g/mol. The number of nitrogens with zero attached hydrogens (tertiary/aromatic N) is 4. The number of benzene rings is 2. The standard InChI is InChI=1S/C29H21FN4O/c1-16-20-10-11-23-26(17-6-8-19(30)9-7-17)33-29(22-12-13-32-25-5-3-2-4-21(22)25)34-27(23)24(20)14-18(15-31)28(16)35/h2-9,12-14,16,20,24H,10-11H2,1H3. The van der Waals surface area contributed by atoms with E-state index in [1.807, 2.05) is 37.3 Å². The Kier molecular flexibility index (Phi) is 5.00. The van der Waals surface area contributed by atoms with E-state index >= 15 is 0 Å². The van der Waals surface area contributed by atoms with Crippen LogP contribution in [0, 0.1) is 29.0 Å². The number of halogens is 1. The fraction of sp³-hybridized carbons (Fsp3) is 0.207. The van der Waals surface area contributed by atoms with E-state index in [-0.39, 0.29) is 34.9 Å². The Balaban J connectivity index is 1.64. The van der Waals surface area contributed by atoms with E-state index in [1.165, 1.54) is 12.1 Å². The van der Waals surface area contributed by atoms with Gasteiger partial charge in [-0.15, -0.1) is 0 Å². The summed E-state index contributed by atoms with van der Waals surface area (Å²) >= 11 is 0. The third kappa shape index (κ3) is 3.43. The van der Waals surface area contributed by atoms with Crippen LogP contribution in [0.4, 0.5) is 4.39 Å². The van der Waals surface area contributed by atoms with Gasteiger partial charge in [0.05, 0.1) is 22.5 Å². The topological polar surface area (TPSA) is 79.5 Å². The number of allylic oxidation sites excluding steroid dienone is 2. The van der Waals surface area contributed by atoms with Crippen LogP contribution in [0.3, 0.4) is 0 Å². The summed E-state index contributed by atoms with van der Waals surface area (Å²) in [6.07, 6.45) is 5.06. The maximum Gasteiger partial charge on any atom is 0.176 e. The molecular formula is C29H21FN4O. The smallest absolute Gasteiger partial charge is 0.176 e. The van der Waals surface area contributed by atoms with Crippen molar-refractivity contribution in [1.82, 2.24) is 15.0 Å². The Hall–Kier alpha value is -4.24. The van der Waals surface area contributed by atoms with Crippen molar-refractivity contribution in [2.75, 3.05) is 0 Å². The van der Waals surface area contributed by atoms with Crippen LogP contribution >= 0.6 is 0 Å². The second-order valence-electron chi connectivity index (χ2n) is 9.22. The van der Waals surface area contributed by atoms with E-state index in [9.17, 15) is 14.4 Å². The highest BCUT2D eigenvalue weighted by molar-refractivity contribution is 6.02. The number of Topliss-reactive ketones (excluding diaryl/α,β-unsaturated/α-hetero) is 1. The van der Waals surface area contributed by atoms with E-state index in [0.717, 1.165) is 45.4 Å². The second-order valence-corrected chi connectivity index (χ2v) is 9.22. The number of pyridine rings is 1. The molecule has 2 aromatic heterocycles. The van der Waals surface area contributed by atoms with E-state index in [1.54, 1.807) is 24.4 Å². The molecule has 4 aromatic rings. The Bertz CT molecular complexity index is 1560. The minimum atomic E-state index is -0.307. The lowest BCUT2D eigenvalue weighted by molar-refractivity contribution is -0.120. The summed E-state index contributed by atoms with van der Waals surface area (Å²) in [5.74, 6) is -0.176. The first kappa shape index (κ1) is 21.3. The number of rotatable bonds is 2. The van der Waals surface area contributed by atoms with Crippen molar-refractivity contribution in [3.63, 3.8) is 0 Å². The second kappa shape index (κ2) is 8.21. The van der Waals surface area contributed by atoms with Crippen LogP contribution in [0.25, 0.3) is 33.5 Å². The number of fused-ring (bicyclic) bond motifs is 4. The van der Waals surface area contributed by atoms with Gasteiger partial charge in [-0.2, -0.15) is 5.26 Å². The Morgan fingerprint density at radius 2 is 1.86 bits per heavy atom. The predicted octanol–water partition coefficient (Wildman–Crippen LogP) is 5.81. The summed E-state index contributed by atoms with van der Waals surface area (Å²) < 4.78 is 13.7. The highest BCUT2D eigenvalue weighted by atomic mass is 19.1. The number of carbonyl (C=O) groups is 1. The summed E-state index contributed by atoms with van der Waals surface area (Å²) in [5, 5.41) is 10.6. The number of carbonyl (C=O) groups excluding carboxylic acids is 1. The van der Waals surface area contributed by atoms with Crippen molar-refractivity contribution in [3.8, 4) is 28.7 Å². The maximum absolute atomic E-state index is 13.7. The molecule has 0 amide bonds. The Morgan fingerprint density at radius 1 is 1.06 bits per heavy atom. The highest BCUT2D eigenvalue weighted by Gasteiger charge is 2.42. The van der Waals surface area contributed by atoms with Gasteiger partial charge in [-0.1, -0.05) is 31.2 Å². The average Bonchev–Trinajstić information content (AvgIpc) is 2.90. The summed E-state index contributed by atoms with van der Waals surface area (Å²) in [7, 11) is 0. The van der Waals surface area contributed by atoms with Gasteiger partial charge in [-0.3, -0.25) is 9.78 Å². The first-order valence-electron chi connectivity index (χ1n) is 11.7. The van der Waals surface area contributed by atoms with E-state index in [0.29, 0.717) is 12.2 Å². The third-order valence-corrected chi connectivity index (χ3v) is 7.34. The van der Waals surface area contributed by atoms with E-state index < -0.39 is 0 Å². The van der Waals surface area contributed by atoms with Crippen LogP contribution in [-0.2, 0) is 11.2 Å². The molecule has 35 heavy (non-hydrogen) atoms. The van der Waals surface area contributed by atoms with Gasteiger partial charge in [0.1, 0.15) is 11.9 Å². The number of nitriles is 1. The average molecular weight is 461 g/mol. The van der Waals surface area contributed by atoms with Crippen molar-refractivity contribution >= 4 is 16.7 Å². The van der Waals surface area contributed by atoms with Crippen molar-refractivity contribution in [3.05, 3.63) is 89.5 Å². The van der Waals surface area contributed by atoms with Crippen molar-refractivity contribution in [2.45, 2.75) is 25.7 Å². The molecule has 170 valence electrons. The molecule has 5 nitrogen and oxygen atoms in total. The minimum absolute atomic E-state index is 0.0742. The van der Waals surface area contributed by atoms with Crippen molar-refractivity contribution < 1.29 is 9.18 Å². The SMILES string of the molecule is CC1C(=O)C(C#N)=CC2c3nc(-c4ccnc5ccccc45)nc(-c4ccc(F)cc4)c3CCC12. The summed E-state index contributed by atoms with van der Waals surface area (Å²) in [6, 6.07) is 18.2. The van der Waals surface area contributed by atoms with Gasteiger partial charge in [0.25, 0.3) is 0 Å². The maximum atomic E-state index is 13.7. The fourth-order valence-electron chi connectivity index (χ4n) is 5.53. The number of aromatic nitrogens is 3. The lowest BCUT2D eigenvalue weighted by atomic mass is 9.66. The molecule has 3 atom stereocenters. The Morgan fingerprint density at radius 3 is 2.66 bits per heavy atom. The van der Waals surface area contributed by atoms with Gasteiger partial charge in [0.15, 0.2) is 11.6 Å². The zero-order chi connectivity index (χ0) is 24.1. The largest absolute Gasteiger partial charge is 0.293 e. The molecule has 0 fully saturated rings. The molecule has 6 rings (SSSR count). The zero-order valence-corrected chi connectivity index (χ0v) is 19.1. The fourth-order valence-corrected chi connectivity index (χ4v) is 5.53. The van der Waals surface area contributed by atoms with E-state index in [4.69, 9.17) is 9.97 Å². The van der Waals surface area contributed by atoms with Gasteiger partial charge in [-0.25, -0.2) is 14.4 Å². The van der Waals surface area contributed by atoms with Crippen LogP contribution in [-0.4, -0.2) is 20.7 Å². The molecule has 0 aliphatic heterocycles. The quantitative estimate of drug-likeness (QED) is 0.377. The van der Waals surface area contributed by atoms with Crippen molar-refractivity contribution in [2.24, 2.45) is 11.8 Å².